The average molecular weight is 408 g/mol. The molecule has 0 saturated carbocycles. The molecule has 25 heavy (non-hydrogen) atoms. The summed E-state index contributed by atoms with van der Waals surface area (Å²) in [6.07, 6.45) is 1.38. The number of benzene rings is 2. The van der Waals surface area contributed by atoms with Gasteiger partial charge in [0.15, 0.2) is 11.5 Å². The summed E-state index contributed by atoms with van der Waals surface area (Å²) in [5.41, 5.74) is 3.50. The third-order valence-corrected chi connectivity index (χ3v) is 3.91. The van der Waals surface area contributed by atoms with Crippen LogP contribution in [0.4, 0.5) is 5.69 Å². The molecule has 0 heterocycles. The fourth-order valence-corrected chi connectivity index (χ4v) is 2.52. The van der Waals surface area contributed by atoms with Gasteiger partial charge in [0.1, 0.15) is 0 Å². The van der Waals surface area contributed by atoms with Crippen molar-refractivity contribution in [2.45, 2.75) is 6.92 Å². The van der Waals surface area contributed by atoms with E-state index in [-0.39, 0.29) is 22.7 Å². The number of halogens is 1. The zero-order valence-electron chi connectivity index (χ0n) is 13.3. The van der Waals surface area contributed by atoms with Gasteiger partial charge >= 0.3 is 0 Å². The minimum absolute atomic E-state index is 0.0370. The summed E-state index contributed by atoms with van der Waals surface area (Å²) in [5.74, 6) is -0.280. The van der Waals surface area contributed by atoms with Gasteiger partial charge in [0, 0.05) is 17.2 Å². The summed E-state index contributed by atoms with van der Waals surface area (Å²) in [7, 11) is 1.42. The van der Waals surface area contributed by atoms with Crippen LogP contribution in [0.25, 0.3) is 0 Å². The smallest absolute Gasteiger partial charge is 0.272 e. The first-order valence-electron chi connectivity index (χ1n) is 6.98. The van der Waals surface area contributed by atoms with Gasteiger partial charge in [-0.3, -0.25) is 14.9 Å². The topological polar surface area (TPSA) is 114 Å². The molecule has 0 aromatic heterocycles. The quantitative estimate of drug-likeness (QED) is 0.448. The number of hydrazone groups is 1. The van der Waals surface area contributed by atoms with E-state index in [0.717, 1.165) is 0 Å². The Balaban J connectivity index is 2.12. The lowest BCUT2D eigenvalue weighted by Crippen LogP contribution is -2.17. The van der Waals surface area contributed by atoms with E-state index in [4.69, 9.17) is 4.74 Å². The number of carbonyl (C=O) groups is 1. The van der Waals surface area contributed by atoms with Crippen LogP contribution in [-0.2, 0) is 0 Å². The average Bonchev–Trinajstić information content (AvgIpc) is 2.57. The molecule has 0 spiro atoms. The molecule has 9 heteroatoms. The predicted octanol–water partition coefficient (Wildman–Crippen LogP) is 3.14. The number of amides is 1. The Morgan fingerprint density at radius 3 is 2.72 bits per heavy atom. The lowest BCUT2D eigenvalue weighted by molar-refractivity contribution is -0.385. The van der Waals surface area contributed by atoms with Gasteiger partial charge in [-0.25, -0.2) is 5.43 Å². The summed E-state index contributed by atoms with van der Waals surface area (Å²) in [4.78, 5) is 22.3. The standard InChI is InChI=1S/C16H14BrN3O5/c1-9-5-11(3-4-13(9)20(23)24)16(22)19-18-8-10-6-12(17)15(21)14(7-10)25-2/h3-8,21H,1-2H3,(H,19,22). The number of phenolic OH excluding ortho intramolecular Hbond substituents is 1. The molecule has 0 aliphatic carbocycles. The molecule has 2 rings (SSSR count). The Kier molecular flexibility index (Phi) is 5.71. The number of nitro groups is 1. The Labute approximate surface area is 151 Å². The second-order valence-corrected chi connectivity index (χ2v) is 5.87. The monoisotopic (exact) mass is 407 g/mol. The Morgan fingerprint density at radius 2 is 2.12 bits per heavy atom. The zero-order valence-corrected chi connectivity index (χ0v) is 14.9. The van der Waals surface area contributed by atoms with Crippen LogP contribution >= 0.6 is 15.9 Å². The maximum Gasteiger partial charge on any atom is 0.272 e. The highest BCUT2D eigenvalue weighted by Gasteiger charge is 2.13. The largest absolute Gasteiger partial charge is 0.503 e. The lowest BCUT2D eigenvalue weighted by Gasteiger charge is -2.06. The maximum atomic E-state index is 12.0. The summed E-state index contributed by atoms with van der Waals surface area (Å²) in [5, 5.41) is 24.4. The normalized spacial score (nSPS) is 10.7. The van der Waals surface area contributed by atoms with Crippen molar-refractivity contribution in [1.82, 2.24) is 5.43 Å². The summed E-state index contributed by atoms with van der Waals surface area (Å²) < 4.78 is 5.44. The molecule has 1 amide bonds. The molecule has 0 bridgehead atoms. The fraction of sp³-hybridized carbons (Fsp3) is 0.125. The van der Waals surface area contributed by atoms with E-state index in [9.17, 15) is 20.0 Å². The van der Waals surface area contributed by atoms with Crippen molar-refractivity contribution in [3.8, 4) is 11.5 Å². The number of aromatic hydroxyl groups is 1. The Morgan fingerprint density at radius 1 is 1.40 bits per heavy atom. The number of carbonyl (C=O) groups excluding carboxylic acids is 1. The zero-order chi connectivity index (χ0) is 18.6. The molecule has 0 fully saturated rings. The number of hydrogen-bond acceptors (Lipinski definition) is 6. The van der Waals surface area contributed by atoms with E-state index < -0.39 is 10.8 Å². The van der Waals surface area contributed by atoms with Crippen LogP contribution in [-0.4, -0.2) is 29.3 Å². The molecule has 0 radical (unpaired) electrons. The van der Waals surface area contributed by atoms with E-state index in [1.807, 2.05) is 0 Å². The lowest BCUT2D eigenvalue weighted by atomic mass is 10.1. The van der Waals surface area contributed by atoms with Crippen LogP contribution < -0.4 is 10.2 Å². The molecule has 0 saturated heterocycles. The van der Waals surface area contributed by atoms with Gasteiger partial charge in [0.05, 0.1) is 22.7 Å². The number of nitrogens with one attached hydrogen (secondary N) is 1. The van der Waals surface area contributed by atoms with Gasteiger partial charge in [-0.05, 0) is 52.7 Å². The predicted molar refractivity (Wildman–Crippen MR) is 95.3 cm³/mol. The summed E-state index contributed by atoms with van der Waals surface area (Å²) in [6.45, 7) is 1.55. The van der Waals surface area contributed by atoms with Crippen LogP contribution in [0.1, 0.15) is 21.5 Å². The number of aryl methyl sites for hydroxylation is 1. The van der Waals surface area contributed by atoms with Gasteiger partial charge in [-0.1, -0.05) is 0 Å². The molecule has 0 aliphatic heterocycles. The van der Waals surface area contributed by atoms with Crippen LogP contribution in [0.2, 0.25) is 0 Å². The molecule has 0 aliphatic rings. The van der Waals surface area contributed by atoms with Crippen molar-refractivity contribution in [1.29, 1.82) is 0 Å². The maximum absolute atomic E-state index is 12.0. The van der Waals surface area contributed by atoms with Crippen molar-refractivity contribution in [2.75, 3.05) is 7.11 Å². The van der Waals surface area contributed by atoms with Crippen LogP contribution in [0.15, 0.2) is 39.9 Å². The molecule has 0 atom stereocenters. The Bertz CT molecular complexity index is 867. The second-order valence-electron chi connectivity index (χ2n) is 5.01. The number of rotatable bonds is 5. The van der Waals surface area contributed by atoms with Crippen LogP contribution in [0, 0.1) is 17.0 Å². The highest BCUT2D eigenvalue weighted by Crippen LogP contribution is 2.34. The number of phenols is 1. The number of ether oxygens (including phenoxy) is 1. The van der Waals surface area contributed by atoms with E-state index in [1.165, 1.54) is 31.5 Å². The molecule has 8 nitrogen and oxygen atoms in total. The van der Waals surface area contributed by atoms with Gasteiger partial charge in [-0.15, -0.1) is 0 Å². The number of hydrogen-bond donors (Lipinski definition) is 2. The first-order chi connectivity index (χ1) is 11.8. The third-order valence-electron chi connectivity index (χ3n) is 3.31. The first-order valence-corrected chi connectivity index (χ1v) is 7.77. The third kappa shape index (κ3) is 4.32. The van der Waals surface area contributed by atoms with E-state index in [0.29, 0.717) is 15.6 Å². The van der Waals surface area contributed by atoms with Crippen molar-refractivity contribution in [2.24, 2.45) is 5.10 Å². The Hall–Kier alpha value is -2.94. The van der Waals surface area contributed by atoms with Gasteiger partial charge in [0.2, 0.25) is 0 Å². The van der Waals surface area contributed by atoms with E-state index in [2.05, 4.69) is 26.5 Å². The number of nitro benzene ring substituents is 1. The van der Waals surface area contributed by atoms with Crippen molar-refractivity contribution in [3.05, 3.63) is 61.6 Å². The summed E-state index contributed by atoms with van der Waals surface area (Å²) in [6, 6.07) is 7.20. The number of nitrogens with zero attached hydrogens (tertiary/aromatic N) is 2. The SMILES string of the molecule is COc1cc(C=NNC(=O)c2ccc([N+](=O)[O-])c(C)c2)cc(Br)c1O. The minimum Gasteiger partial charge on any atom is -0.503 e. The van der Waals surface area contributed by atoms with Crippen LogP contribution in [0.5, 0.6) is 11.5 Å². The molecule has 2 N–H and O–H groups in total. The first kappa shape index (κ1) is 18.4. The highest BCUT2D eigenvalue weighted by atomic mass is 79.9. The van der Waals surface area contributed by atoms with Crippen molar-refractivity contribution in [3.63, 3.8) is 0 Å². The van der Waals surface area contributed by atoms with Gasteiger partial charge in [-0.2, -0.15) is 5.10 Å². The molecular weight excluding hydrogens is 394 g/mol. The fourth-order valence-electron chi connectivity index (χ4n) is 2.06. The highest BCUT2D eigenvalue weighted by molar-refractivity contribution is 9.10. The molecule has 2 aromatic rings. The second kappa shape index (κ2) is 7.75. The van der Waals surface area contributed by atoms with Crippen LogP contribution in [0.3, 0.4) is 0 Å². The van der Waals surface area contributed by atoms with Crippen molar-refractivity contribution >= 4 is 33.7 Å². The molecule has 0 unspecified atom stereocenters. The molecular formula is C16H14BrN3O5. The summed E-state index contributed by atoms with van der Waals surface area (Å²) >= 11 is 3.19. The van der Waals surface area contributed by atoms with Gasteiger partial charge < -0.3 is 9.84 Å². The number of methoxy groups -OCH3 is 1. The minimum atomic E-state index is -0.509. The molecule has 2 aromatic carbocycles. The van der Waals surface area contributed by atoms with E-state index >= 15 is 0 Å². The van der Waals surface area contributed by atoms with Crippen molar-refractivity contribution < 1.29 is 19.6 Å². The van der Waals surface area contributed by atoms with Gasteiger partial charge in [0.25, 0.3) is 11.6 Å². The molecule has 130 valence electrons. The van der Waals surface area contributed by atoms with E-state index in [1.54, 1.807) is 19.1 Å².